The van der Waals surface area contributed by atoms with Gasteiger partial charge in [-0.2, -0.15) is 0 Å². The molecule has 0 rings (SSSR count). The summed E-state index contributed by atoms with van der Waals surface area (Å²) in [5.41, 5.74) is 0.264. The summed E-state index contributed by atoms with van der Waals surface area (Å²) in [5.74, 6) is 3.34. The molecule has 0 saturated heterocycles. The van der Waals surface area contributed by atoms with E-state index in [2.05, 4.69) is 60.7 Å². The SMILES string of the molecule is CCCCC(CCC(C)C(C)(C)NCCC(C)CC)C(C)C. The number of hydrogen-bond donors (Lipinski definition) is 1. The quantitative estimate of drug-likeness (QED) is 0.400. The van der Waals surface area contributed by atoms with E-state index in [1.165, 1.54) is 44.9 Å². The van der Waals surface area contributed by atoms with Crippen molar-refractivity contribution >= 4 is 0 Å². The Hall–Kier alpha value is -0.0400. The predicted molar refractivity (Wildman–Crippen MR) is 102 cm³/mol. The van der Waals surface area contributed by atoms with E-state index in [0.717, 1.165) is 30.2 Å². The highest BCUT2D eigenvalue weighted by Gasteiger charge is 2.26. The van der Waals surface area contributed by atoms with Crippen LogP contribution in [0.2, 0.25) is 0 Å². The van der Waals surface area contributed by atoms with E-state index in [4.69, 9.17) is 0 Å². The zero-order valence-electron chi connectivity index (χ0n) is 17.0. The summed E-state index contributed by atoms with van der Waals surface area (Å²) >= 11 is 0. The van der Waals surface area contributed by atoms with Crippen LogP contribution in [0.5, 0.6) is 0 Å². The standard InChI is InChI=1S/C21H45N/c1-9-11-12-20(17(3)4)14-13-19(6)21(7,8)22-16-15-18(5)10-2/h17-20,22H,9-16H2,1-8H3. The Morgan fingerprint density at radius 3 is 2.00 bits per heavy atom. The molecule has 1 N–H and O–H groups in total. The maximum absolute atomic E-state index is 3.82. The summed E-state index contributed by atoms with van der Waals surface area (Å²) in [5, 5.41) is 3.82. The van der Waals surface area contributed by atoms with Gasteiger partial charge in [-0.15, -0.1) is 0 Å². The molecule has 0 saturated carbocycles. The van der Waals surface area contributed by atoms with Crippen LogP contribution in [-0.2, 0) is 0 Å². The van der Waals surface area contributed by atoms with Gasteiger partial charge in [-0.3, -0.25) is 0 Å². The summed E-state index contributed by atoms with van der Waals surface area (Å²) in [6.07, 6.45) is 9.51. The van der Waals surface area contributed by atoms with Crippen LogP contribution in [0.15, 0.2) is 0 Å². The lowest BCUT2D eigenvalue weighted by Gasteiger charge is -2.35. The Labute approximate surface area is 142 Å². The number of nitrogens with one attached hydrogen (secondary N) is 1. The lowest BCUT2D eigenvalue weighted by molar-refractivity contribution is 0.219. The molecule has 1 nitrogen and oxygen atoms in total. The summed E-state index contributed by atoms with van der Waals surface area (Å²) in [4.78, 5) is 0. The first-order valence-corrected chi connectivity index (χ1v) is 9.99. The van der Waals surface area contributed by atoms with E-state index in [0.29, 0.717) is 0 Å². The molecule has 134 valence electrons. The van der Waals surface area contributed by atoms with Gasteiger partial charge in [-0.25, -0.2) is 0 Å². The molecule has 0 bridgehead atoms. The van der Waals surface area contributed by atoms with Crippen LogP contribution in [-0.4, -0.2) is 12.1 Å². The molecule has 0 heterocycles. The largest absolute Gasteiger partial charge is 0.312 e. The van der Waals surface area contributed by atoms with Crippen LogP contribution in [0.4, 0.5) is 0 Å². The molecule has 3 unspecified atom stereocenters. The molecule has 3 atom stereocenters. The van der Waals surface area contributed by atoms with Crippen molar-refractivity contribution in [1.82, 2.24) is 5.32 Å². The molecular formula is C21H45N. The molecular weight excluding hydrogens is 266 g/mol. The van der Waals surface area contributed by atoms with E-state index in [1.54, 1.807) is 0 Å². The Kier molecular flexibility index (Phi) is 11.5. The van der Waals surface area contributed by atoms with E-state index in [-0.39, 0.29) is 5.54 Å². The summed E-state index contributed by atoms with van der Waals surface area (Å²) in [6, 6.07) is 0. The molecule has 0 spiro atoms. The molecule has 0 aromatic rings. The Morgan fingerprint density at radius 1 is 0.864 bits per heavy atom. The molecule has 0 fully saturated rings. The average Bonchev–Trinajstić information content (AvgIpc) is 2.46. The fraction of sp³-hybridized carbons (Fsp3) is 1.00. The number of unbranched alkanes of at least 4 members (excludes halogenated alkanes) is 1. The molecule has 0 radical (unpaired) electrons. The van der Waals surface area contributed by atoms with Gasteiger partial charge in [0.15, 0.2) is 0 Å². The second-order valence-corrected chi connectivity index (χ2v) is 8.58. The first kappa shape index (κ1) is 22.0. The summed E-state index contributed by atoms with van der Waals surface area (Å²) in [6.45, 7) is 20.2. The third-order valence-electron chi connectivity index (χ3n) is 5.99. The minimum Gasteiger partial charge on any atom is -0.312 e. The van der Waals surface area contributed by atoms with Crippen molar-refractivity contribution in [3.63, 3.8) is 0 Å². The van der Waals surface area contributed by atoms with Crippen LogP contribution < -0.4 is 5.32 Å². The normalized spacial score (nSPS) is 16.8. The zero-order chi connectivity index (χ0) is 17.2. The molecule has 0 aliphatic carbocycles. The average molecular weight is 312 g/mol. The van der Waals surface area contributed by atoms with Crippen LogP contribution >= 0.6 is 0 Å². The van der Waals surface area contributed by atoms with Crippen molar-refractivity contribution < 1.29 is 0 Å². The van der Waals surface area contributed by atoms with Crippen molar-refractivity contribution in [3.05, 3.63) is 0 Å². The highest BCUT2D eigenvalue weighted by molar-refractivity contribution is 4.84. The Morgan fingerprint density at radius 2 is 1.50 bits per heavy atom. The zero-order valence-corrected chi connectivity index (χ0v) is 17.0. The van der Waals surface area contributed by atoms with Crippen molar-refractivity contribution in [2.75, 3.05) is 6.54 Å². The number of hydrogen-bond acceptors (Lipinski definition) is 1. The monoisotopic (exact) mass is 311 g/mol. The third-order valence-corrected chi connectivity index (χ3v) is 5.99. The second-order valence-electron chi connectivity index (χ2n) is 8.58. The summed E-state index contributed by atoms with van der Waals surface area (Å²) in [7, 11) is 0. The van der Waals surface area contributed by atoms with Gasteiger partial charge in [-0.05, 0) is 63.3 Å². The van der Waals surface area contributed by atoms with Gasteiger partial charge in [0.05, 0.1) is 0 Å². The lowest BCUT2D eigenvalue weighted by Crippen LogP contribution is -2.45. The molecule has 0 aromatic heterocycles. The van der Waals surface area contributed by atoms with Gasteiger partial charge in [-0.1, -0.05) is 67.2 Å². The molecule has 0 aromatic carbocycles. The van der Waals surface area contributed by atoms with Crippen LogP contribution in [0.25, 0.3) is 0 Å². The lowest BCUT2D eigenvalue weighted by atomic mass is 9.79. The van der Waals surface area contributed by atoms with Crippen molar-refractivity contribution in [2.24, 2.45) is 23.7 Å². The van der Waals surface area contributed by atoms with E-state index < -0.39 is 0 Å². The summed E-state index contributed by atoms with van der Waals surface area (Å²) < 4.78 is 0. The van der Waals surface area contributed by atoms with Gasteiger partial charge >= 0.3 is 0 Å². The van der Waals surface area contributed by atoms with E-state index >= 15 is 0 Å². The molecule has 0 amide bonds. The van der Waals surface area contributed by atoms with Crippen LogP contribution in [0.3, 0.4) is 0 Å². The molecule has 1 heteroatoms. The third kappa shape index (κ3) is 9.18. The van der Waals surface area contributed by atoms with Crippen LogP contribution in [0, 0.1) is 23.7 Å². The second kappa shape index (κ2) is 11.5. The van der Waals surface area contributed by atoms with Crippen molar-refractivity contribution in [2.45, 2.75) is 106 Å². The predicted octanol–water partition coefficient (Wildman–Crippen LogP) is 6.67. The van der Waals surface area contributed by atoms with E-state index in [1.807, 2.05) is 0 Å². The maximum atomic E-state index is 3.82. The highest BCUT2D eigenvalue weighted by Crippen LogP contribution is 2.29. The first-order chi connectivity index (χ1) is 10.2. The first-order valence-electron chi connectivity index (χ1n) is 9.99. The topological polar surface area (TPSA) is 12.0 Å². The van der Waals surface area contributed by atoms with Gasteiger partial charge in [0.2, 0.25) is 0 Å². The Bertz CT molecular complexity index is 257. The number of rotatable bonds is 13. The fourth-order valence-corrected chi connectivity index (χ4v) is 3.12. The van der Waals surface area contributed by atoms with Gasteiger partial charge in [0.1, 0.15) is 0 Å². The van der Waals surface area contributed by atoms with E-state index in [9.17, 15) is 0 Å². The highest BCUT2D eigenvalue weighted by atomic mass is 15.0. The Balaban J connectivity index is 4.21. The minimum atomic E-state index is 0.264. The molecule has 0 aliphatic rings. The van der Waals surface area contributed by atoms with Gasteiger partial charge in [0, 0.05) is 5.54 Å². The molecule has 22 heavy (non-hydrogen) atoms. The fourth-order valence-electron chi connectivity index (χ4n) is 3.12. The van der Waals surface area contributed by atoms with Gasteiger partial charge < -0.3 is 5.32 Å². The van der Waals surface area contributed by atoms with Crippen molar-refractivity contribution in [1.29, 1.82) is 0 Å². The molecule has 0 aliphatic heterocycles. The smallest absolute Gasteiger partial charge is 0.0150 e. The van der Waals surface area contributed by atoms with Crippen molar-refractivity contribution in [3.8, 4) is 0 Å². The van der Waals surface area contributed by atoms with Crippen LogP contribution in [0.1, 0.15) is 100 Å². The minimum absolute atomic E-state index is 0.264. The maximum Gasteiger partial charge on any atom is 0.0150 e. The van der Waals surface area contributed by atoms with Gasteiger partial charge in [0.25, 0.3) is 0 Å².